The molecule has 1 atom stereocenters. The summed E-state index contributed by atoms with van der Waals surface area (Å²) >= 11 is 0. The number of rotatable bonds is 40. The monoisotopic (exact) mass is 1310 g/mol. The van der Waals surface area contributed by atoms with E-state index in [0.29, 0.717) is 0 Å². The number of hydrogen-bond acceptors (Lipinski definition) is 0. The van der Waals surface area contributed by atoms with E-state index in [-0.39, 0.29) is 0 Å². The zero-order chi connectivity index (χ0) is 66.7. The van der Waals surface area contributed by atoms with E-state index in [1.165, 1.54) is 236 Å². The summed E-state index contributed by atoms with van der Waals surface area (Å²) in [4.78, 5) is 1.59. The van der Waals surface area contributed by atoms with E-state index in [1.54, 1.807) is 4.90 Å². The van der Waals surface area contributed by atoms with Gasteiger partial charge in [-0.2, -0.15) is 0 Å². The third kappa shape index (κ3) is 20.1. The van der Waals surface area contributed by atoms with Gasteiger partial charge in [0.2, 0.25) is 0 Å². The zero-order valence-corrected chi connectivity index (χ0v) is 51.7. The van der Waals surface area contributed by atoms with Gasteiger partial charge in [-0.05, 0) is 43.4 Å². The van der Waals surface area contributed by atoms with Crippen molar-refractivity contribution in [2.24, 2.45) is 0 Å². The van der Waals surface area contributed by atoms with Crippen LogP contribution in [0.25, 0.3) is 0 Å². The number of benzene rings is 5. The van der Waals surface area contributed by atoms with Crippen LogP contribution in [-0.2, 0) is 6.42 Å². The van der Waals surface area contributed by atoms with Gasteiger partial charge < -0.3 is 4.90 Å². The maximum absolute atomic E-state index is 15.4. The third-order valence-electron chi connectivity index (χ3n) is 17.1. The zero-order valence-electron chi connectivity index (χ0n) is 51.7. The summed E-state index contributed by atoms with van der Waals surface area (Å²) in [7, 11) is 2.36. The van der Waals surface area contributed by atoms with Crippen molar-refractivity contribution >= 4 is 33.7 Å². The van der Waals surface area contributed by atoms with E-state index in [1.807, 2.05) is 0 Å². The molecule has 0 aliphatic heterocycles. The van der Waals surface area contributed by atoms with E-state index in [4.69, 9.17) is 0 Å². The van der Waals surface area contributed by atoms with Crippen LogP contribution in [0.4, 0.5) is 93.5 Å². The normalized spacial score (nSPS) is 12.1. The Morgan fingerprint density at radius 3 is 0.622 bits per heavy atom. The average Bonchev–Trinajstić information content (AvgIpc) is 0.684. The molecule has 5 rings (SSSR count). The van der Waals surface area contributed by atoms with Crippen LogP contribution in [0.5, 0.6) is 0 Å². The summed E-state index contributed by atoms with van der Waals surface area (Å²) < 4.78 is 294. The predicted octanol–water partition coefficient (Wildman–Crippen LogP) is 20.1. The SMILES string of the molecule is CCCCCCCCCCCCCCCCCCCc1ccc([NH+](C)CCCCCCCCCCCCCCCCCC)cc1.Fc1c(F)c(F)c([B-](c2c(F)c(F)c(F)c(F)c2F)(c2c(F)c(F)c(F)c(F)c2F)c2c(F)c(F)c(F)c(F)c2F)c(F)c1F. The van der Waals surface area contributed by atoms with E-state index >= 15 is 35.1 Å². The summed E-state index contributed by atoms with van der Waals surface area (Å²) in [6.45, 7) is 5.89. The highest BCUT2D eigenvalue weighted by atomic mass is 19.2. The summed E-state index contributed by atoms with van der Waals surface area (Å²) in [5.74, 6) is -71.4. The minimum Gasteiger partial charge on any atom is -0.305 e. The molecule has 504 valence electrons. The standard InChI is InChI=1S/C44H83N.C24BF20/c1-4-6-8-10-12-14-16-18-20-22-23-25-27-29-31-33-35-37-43-38-40-44(41-39-43)45(3)42-36-34-32-30-28-26-24-21-19-17-15-13-11-9-7-5-2;26-5-1(6(27)14(35)21(42)13(5)34)25(2-7(28)15(36)22(43)16(37)8(2)29,3-9(30)17(38)23(44)18(39)10(3)31)4-11(32)19(40)24(45)20(41)12(4)33/h38-41H,4-37,42H2,1-3H3;/q;-1/p+1. The topological polar surface area (TPSA) is 4.44 Å². The molecule has 22 heteroatoms. The molecule has 0 saturated carbocycles. The summed E-state index contributed by atoms with van der Waals surface area (Å²) in [6.07, 6.45) is 41.8. The van der Waals surface area contributed by atoms with Crippen LogP contribution in [0.3, 0.4) is 0 Å². The molecule has 0 saturated heterocycles. The molecule has 0 aliphatic rings. The van der Waals surface area contributed by atoms with E-state index in [0.717, 1.165) is 0 Å². The van der Waals surface area contributed by atoms with Gasteiger partial charge in [0.05, 0.1) is 13.6 Å². The Kier molecular flexibility index (Phi) is 33.7. The predicted molar refractivity (Wildman–Crippen MR) is 314 cm³/mol. The second kappa shape index (κ2) is 39.3. The molecular formula is C68H84BF20N. The molecule has 0 bridgehead atoms. The molecule has 0 heterocycles. The molecule has 0 aliphatic carbocycles. The number of nitrogens with one attached hydrogen (secondary N) is 1. The fourth-order valence-corrected chi connectivity index (χ4v) is 12.0. The highest BCUT2D eigenvalue weighted by Crippen LogP contribution is 2.31. The second-order valence-corrected chi connectivity index (χ2v) is 23.7. The smallest absolute Gasteiger partial charge is 0.200 e. The highest BCUT2D eigenvalue weighted by Gasteiger charge is 2.52. The largest absolute Gasteiger partial charge is 0.305 e. The van der Waals surface area contributed by atoms with Crippen LogP contribution in [0.2, 0.25) is 0 Å². The molecule has 5 aromatic rings. The molecular weight excluding hydrogens is 1220 g/mol. The summed E-state index contributed by atoms with van der Waals surface area (Å²) in [5.41, 5.74) is -11.3. The Morgan fingerprint density at radius 2 is 0.411 bits per heavy atom. The summed E-state index contributed by atoms with van der Waals surface area (Å²) in [5, 5.41) is 0. The van der Waals surface area contributed by atoms with Crippen LogP contribution in [-0.4, -0.2) is 19.7 Å². The molecule has 5 aromatic carbocycles. The fraction of sp³-hybridized carbons (Fsp3) is 0.559. The molecule has 0 fully saturated rings. The number of quaternary nitrogens is 1. The van der Waals surface area contributed by atoms with Gasteiger partial charge in [-0.25, -0.2) is 87.8 Å². The highest BCUT2D eigenvalue weighted by molar-refractivity contribution is 7.20. The van der Waals surface area contributed by atoms with Crippen LogP contribution >= 0.6 is 0 Å². The van der Waals surface area contributed by atoms with E-state index in [2.05, 4.69) is 45.2 Å². The van der Waals surface area contributed by atoms with Crippen molar-refractivity contribution in [1.29, 1.82) is 0 Å². The van der Waals surface area contributed by atoms with E-state index < -0.39 is 144 Å². The van der Waals surface area contributed by atoms with Crippen molar-refractivity contribution in [3.8, 4) is 0 Å². The lowest BCUT2D eigenvalue weighted by molar-refractivity contribution is -0.810. The average molecular weight is 1310 g/mol. The Hall–Kier alpha value is -5.28. The minimum atomic E-state index is -7.22. The Morgan fingerprint density at radius 1 is 0.233 bits per heavy atom. The van der Waals surface area contributed by atoms with Gasteiger partial charge in [-0.1, -0.05) is 219 Å². The number of aryl methyl sites for hydroxylation is 1. The molecule has 1 nitrogen and oxygen atoms in total. The fourth-order valence-electron chi connectivity index (χ4n) is 12.0. The first kappa shape index (κ1) is 77.2. The van der Waals surface area contributed by atoms with Crippen molar-refractivity contribution in [2.45, 2.75) is 232 Å². The maximum Gasteiger partial charge on any atom is 0.200 e. The van der Waals surface area contributed by atoms with Crippen LogP contribution < -0.4 is 26.8 Å². The van der Waals surface area contributed by atoms with Gasteiger partial charge in [0.15, 0.2) is 69.8 Å². The lowest BCUT2D eigenvalue weighted by atomic mass is 9.12. The van der Waals surface area contributed by atoms with Gasteiger partial charge in [0, 0.05) is 0 Å². The van der Waals surface area contributed by atoms with Crippen molar-refractivity contribution in [1.82, 2.24) is 0 Å². The second-order valence-electron chi connectivity index (χ2n) is 23.7. The molecule has 0 aromatic heterocycles. The first-order valence-electron chi connectivity index (χ1n) is 32.1. The molecule has 0 radical (unpaired) electrons. The van der Waals surface area contributed by atoms with Crippen molar-refractivity contribution in [2.75, 3.05) is 13.6 Å². The molecule has 1 unspecified atom stereocenters. The number of unbranched alkanes of at least 4 members (excludes halogenated alkanes) is 31. The first-order valence-corrected chi connectivity index (χ1v) is 32.1. The molecule has 0 amide bonds. The van der Waals surface area contributed by atoms with Gasteiger partial charge in [-0.3, -0.25) is 0 Å². The third-order valence-corrected chi connectivity index (χ3v) is 17.1. The van der Waals surface area contributed by atoms with Crippen LogP contribution in [0.15, 0.2) is 24.3 Å². The molecule has 90 heavy (non-hydrogen) atoms. The Labute approximate surface area is 516 Å². The maximum atomic E-state index is 15.4. The van der Waals surface area contributed by atoms with Crippen molar-refractivity contribution < 1.29 is 92.7 Å². The lowest BCUT2D eigenvalue weighted by Gasteiger charge is -2.44. The minimum absolute atomic E-state index is 1.26. The quantitative estimate of drug-likeness (QED) is 0.0131. The molecule has 0 spiro atoms. The van der Waals surface area contributed by atoms with E-state index in [9.17, 15) is 52.7 Å². The lowest BCUT2D eigenvalue weighted by Crippen LogP contribution is -3.03. The first-order chi connectivity index (χ1) is 43.0. The Bertz CT molecular complexity index is 2630. The summed E-state index contributed by atoms with van der Waals surface area (Å²) in [6, 6.07) is 9.59. The van der Waals surface area contributed by atoms with Crippen LogP contribution in [0, 0.1) is 116 Å². The van der Waals surface area contributed by atoms with Gasteiger partial charge in [-0.15, -0.1) is 21.9 Å². The van der Waals surface area contributed by atoms with Crippen LogP contribution in [0.1, 0.15) is 231 Å². The number of halogens is 20. The number of hydrogen-bond donors (Lipinski definition) is 1. The van der Waals surface area contributed by atoms with Crippen molar-refractivity contribution in [3.63, 3.8) is 0 Å². The Balaban J connectivity index is 0.000000384. The van der Waals surface area contributed by atoms with Gasteiger partial charge in [0.25, 0.3) is 0 Å². The van der Waals surface area contributed by atoms with Gasteiger partial charge >= 0.3 is 0 Å². The molecule has 1 N–H and O–H groups in total. The van der Waals surface area contributed by atoms with Gasteiger partial charge in [0.1, 0.15) is 58.4 Å². The van der Waals surface area contributed by atoms with Crippen molar-refractivity contribution in [3.05, 3.63) is 146 Å².